The average Bonchev–Trinajstić information content (AvgIpc) is 2.35. The van der Waals surface area contributed by atoms with E-state index in [1.165, 1.54) is 11.1 Å². The minimum atomic E-state index is -0.199. The number of hydrogen-bond acceptors (Lipinski definition) is 1. The highest BCUT2D eigenvalue weighted by atomic mass is 79.9. The van der Waals surface area contributed by atoms with Crippen LogP contribution >= 0.6 is 27.5 Å². The van der Waals surface area contributed by atoms with Crippen LogP contribution in [0.4, 0.5) is 0 Å². The van der Waals surface area contributed by atoms with Crippen LogP contribution in [0.3, 0.4) is 0 Å². The SMILES string of the molecule is Cc1ccc(C)c(C(N)c2cccc(Br)c2Cl)c1. The monoisotopic (exact) mass is 323 g/mol. The molecule has 0 amide bonds. The maximum atomic E-state index is 6.35. The molecule has 3 heteroatoms. The zero-order chi connectivity index (χ0) is 13.3. The van der Waals surface area contributed by atoms with E-state index in [0.717, 1.165) is 15.6 Å². The highest BCUT2D eigenvalue weighted by Crippen LogP contribution is 2.33. The number of halogens is 2. The zero-order valence-corrected chi connectivity index (χ0v) is 12.7. The van der Waals surface area contributed by atoms with Gasteiger partial charge in [0.1, 0.15) is 0 Å². The van der Waals surface area contributed by atoms with Crippen molar-refractivity contribution in [3.8, 4) is 0 Å². The van der Waals surface area contributed by atoms with Gasteiger partial charge < -0.3 is 5.73 Å². The quantitative estimate of drug-likeness (QED) is 0.846. The number of benzene rings is 2. The summed E-state index contributed by atoms with van der Waals surface area (Å²) in [6.45, 7) is 4.14. The lowest BCUT2D eigenvalue weighted by Crippen LogP contribution is -2.14. The van der Waals surface area contributed by atoms with E-state index in [1.807, 2.05) is 18.2 Å². The van der Waals surface area contributed by atoms with Crippen LogP contribution in [0.25, 0.3) is 0 Å². The molecular weight excluding hydrogens is 310 g/mol. The van der Waals surface area contributed by atoms with Crippen LogP contribution in [0.15, 0.2) is 40.9 Å². The first-order valence-electron chi connectivity index (χ1n) is 5.77. The first kappa shape index (κ1) is 13.6. The van der Waals surface area contributed by atoms with Crippen molar-refractivity contribution >= 4 is 27.5 Å². The lowest BCUT2D eigenvalue weighted by molar-refractivity contribution is 0.859. The standard InChI is InChI=1S/C15H15BrClN/c1-9-6-7-10(2)12(8-9)15(18)11-4-3-5-13(16)14(11)17/h3-8,15H,18H2,1-2H3. The van der Waals surface area contributed by atoms with Crippen molar-refractivity contribution in [3.05, 3.63) is 68.1 Å². The lowest BCUT2D eigenvalue weighted by atomic mass is 9.94. The third kappa shape index (κ3) is 2.61. The smallest absolute Gasteiger partial charge is 0.0599 e. The molecule has 0 aliphatic carbocycles. The summed E-state index contributed by atoms with van der Waals surface area (Å²) in [6.07, 6.45) is 0. The maximum absolute atomic E-state index is 6.35. The Morgan fingerprint density at radius 1 is 1.11 bits per heavy atom. The fourth-order valence-corrected chi connectivity index (χ4v) is 2.65. The molecule has 1 atom stereocenters. The maximum Gasteiger partial charge on any atom is 0.0599 e. The van der Waals surface area contributed by atoms with Gasteiger partial charge in [0, 0.05) is 4.47 Å². The molecule has 2 aromatic carbocycles. The van der Waals surface area contributed by atoms with Gasteiger partial charge in [0.15, 0.2) is 0 Å². The van der Waals surface area contributed by atoms with Crippen molar-refractivity contribution in [2.75, 3.05) is 0 Å². The second-order valence-corrected chi connectivity index (χ2v) is 5.71. The summed E-state index contributed by atoms with van der Waals surface area (Å²) in [5.74, 6) is 0. The molecule has 0 aliphatic rings. The molecule has 94 valence electrons. The van der Waals surface area contributed by atoms with Crippen LogP contribution in [-0.4, -0.2) is 0 Å². The number of hydrogen-bond donors (Lipinski definition) is 1. The highest BCUT2D eigenvalue weighted by molar-refractivity contribution is 9.10. The van der Waals surface area contributed by atoms with E-state index in [4.69, 9.17) is 17.3 Å². The first-order valence-corrected chi connectivity index (χ1v) is 6.94. The molecule has 0 saturated heterocycles. The van der Waals surface area contributed by atoms with Gasteiger partial charge in [0.25, 0.3) is 0 Å². The van der Waals surface area contributed by atoms with Crippen molar-refractivity contribution in [2.45, 2.75) is 19.9 Å². The minimum absolute atomic E-state index is 0.199. The molecule has 0 saturated carbocycles. The molecule has 18 heavy (non-hydrogen) atoms. The van der Waals surface area contributed by atoms with E-state index in [9.17, 15) is 0 Å². The van der Waals surface area contributed by atoms with E-state index in [-0.39, 0.29) is 6.04 Å². The Kier molecular flexibility index (Phi) is 4.10. The summed E-state index contributed by atoms with van der Waals surface area (Å²) in [4.78, 5) is 0. The minimum Gasteiger partial charge on any atom is -0.320 e. The van der Waals surface area contributed by atoms with Crippen molar-refractivity contribution in [1.82, 2.24) is 0 Å². The summed E-state index contributed by atoms with van der Waals surface area (Å²) in [7, 11) is 0. The number of aryl methyl sites for hydroxylation is 2. The fraction of sp³-hybridized carbons (Fsp3) is 0.200. The lowest BCUT2D eigenvalue weighted by Gasteiger charge is -2.18. The second-order valence-electron chi connectivity index (χ2n) is 4.48. The van der Waals surface area contributed by atoms with Crippen molar-refractivity contribution in [3.63, 3.8) is 0 Å². The summed E-state index contributed by atoms with van der Waals surface area (Å²) < 4.78 is 0.877. The fourth-order valence-electron chi connectivity index (χ4n) is 2.02. The molecule has 2 N–H and O–H groups in total. The Bertz CT molecular complexity index is 579. The molecule has 0 bridgehead atoms. The Morgan fingerprint density at radius 2 is 1.83 bits per heavy atom. The van der Waals surface area contributed by atoms with Crippen molar-refractivity contribution < 1.29 is 0 Å². The van der Waals surface area contributed by atoms with Gasteiger partial charge in [-0.3, -0.25) is 0 Å². The van der Waals surface area contributed by atoms with E-state index in [0.29, 0.717) is 5.02 Å². The van der Waals surface area contributed by atoms with Gasteiger partial charge in [0.05, 0.1) is 11.1 Å². The Hall–Kier alpha value is -0.830. The van der Waals surface area contributed by atoms with E-state index in [1.54, 1.807) is 0 Å². The Labute approximate surface area is 121 Å². The molecule has 0 fully saturated rings. The van der Waals surface area contributed by atoms with Crippen LogP contribution in [0, 0.1) is 13.8 Å². The third-order valence-corrected chi connectivity index (χ3v) is 4.40. The molecule has 0 radical (unpaired) electrons. The summed E-state index contributed by atoms with van der Waals surface area (Å²) >= 11 is 9.74. The first-order chi connectivity index (χ1) is 8.50. The van der Waals surface area contributed by atoms with Gasteiger partial charge in [-0.15, -0.1) is 0 Å². The summed E-state index contributed by atoms with van der Waals surface area (Å²) in [6, 6.07) is 12.0. The number of rotatable bonds is 2. The zero-order valence-electron chi connectivity index (χ0n) is 10.4. The Balaban J connectivity index is 2.51. The second kappa shape index (κ2) is 5.43. The third-order valence-electron chi connectivity index (χ3n) is 3.09. The topological polar surface area (TPSA) is 26.0 Å². The highest BCUT2D eigenvalue weighted by Gasteiger charge is 2.15. The molecule has 0 heterocycles. The van der Waals surface area contributed by atoms with Crippen LogP contribution in [0.2, 0.25) is 5.02 Å². The molecule has 0 aromatic heterocycles. The average molecular weight is 325 g/mol. The summed E-state index contributed by atoms with van der Waals surface area (Å²) in [5.41, 5.74) is 10.8. The van der Waals surface area contributed by atoms with Crippen molar-refractivity contribution in [2.24, 2.45) is 5.73 Å². The van der Waals surface area contributed by atoms with Crippen LogP contribution < -0.4 is 5.73 Å². The van der Waals surface area contributed by atoms with Gasteiger partial charge >= 0.3 is 0 Å². The normalized spacial score (nSPS) is 12.5. The molecule has 2 rings (SSSR count). The molecule has 0 spiro atoms. The van der Waals surface area contributed by atoms with Crippen LogP contribution in [0.5, 0.6) is 0 Å². The van der Waals surface area contributed by atoms with E-state index in [2.05, 4.69) is 48.0 Å². The van der Waals surface area contributed by atoms with E-state index >= 15 is 0 Å². The molecule has 2 aromatic rings. The molecular formula is C15H15BrClN. The largest absolute Gasteiger partial charge is 0.320 e. The molecule has 1 unspecified atom stereocenters. The van der Waals surface area contributed by atoms with Gasteiger partial charge in [-0.05, 0) is 52.5 Å². The predicted octanol–water partition coefficient (Wildman–Crippen LogP) is 4.77. The van der Waals surface area contributed by atoms with Crippen LogP contribution in [0.1, 0.15) is 28.3 Å². The number of nitrogens with two attached hydrogens (primary N) is 1. The van der Waals surface area contributed by atoms with Crippen LogP contribution in [-0.2, 0) is 0 Å². The van der Waals surface area contributed by atoms with Gasteiger partial charge in [-0.1, -0.05) is 47.5 Å². The van der Waals surface area contributed by atoms with Gasteiger partial charge in [-0.25, -0.2) is 0 Å². The molecule has 1 nitrogen and oxygen atoms in total. The van der Waals surface area contributed by atoms with Crippen molar-refractivity contribution in [1.29, 1.82) is 0 Å². The molecule has 0 aliphatic heterocycles. The van der Waals surface area contributed by atoms with Gasteiger partial charge in [0.2, 0.25) is 0 Å². The van der Waals surface area contributed by atoms with E-state index < -0.39 is 0 Å². The van der Waals surface area contributed by atoms with Gasteiger partial charge in [-0.2, -0.15) is 0 Å². The Morgan fingerprint density at radius 3 is 2.56 bits per heavy atom. The summed E-state index contributed by atoms with van der Waals surface area (Å²) in [5, 5.41) is 0.686. The predicted molar refractivity (Wildman–Crippen MR) is 81.1 cm³/mol.